The average Bonchev–Trinajstić information content (AvgIpc) is 3.38. The largest absolute Gasteiger partial charge is 0.326 e. The van der Waals surface area contributed by atoms with Crippen LogP contribution in [0.2, 0.25) is 0 Å². The van der Waals surface area contributed by atoms with E-state index in [-0.39, 0.29) is 11.3 Å². The molecule has 1 N–H and O–H groups in total. The summed E-state index contributed by atoms with van der Waals surface area (Å²) < 4.78 is 27.2. The SMILES string of the molecule is Cc1ccc(NC(=O)C2CC2[N+](=O)[O-])cc1S(=O)(=O)N1CCCCC1. The van der Waals surface area contributed by atoms with Crippen molar-refractivity contribution >= 4 is 21.6 Å². The second-order valence-corrected chi connectivity index (χ2v) is 8.54. The van der Waals surface area contributed by atoms with E-state index in [1.807, 2.05) is 0 Å². The molecule has 1 saturated carbocycles. The number of nitrogens with one attached hydrogen (secondary N) is 1. The van der Waals surface area contributed by atoms with E-state index >= 15 is 0 Å². The zero-order valence-electron chi connectivity index (χ0n) is 14.0. The molecule has 2 unspecified atom stereocenters. The van der Waals surface area contributed by atoms with Gasteiger partial charge < -0.3 is 5.32 Å². The highest BCUT2D eigenvalue weighted by molar-refractivity contribution is 7.89. The number of nitrogens with zero attached hydrogens (tertiary/aromatic N) is 2. The molecule has 0 bridgehead atoms. The maximum Gasteiger partial charge on any atom is 0.243 e. The molecule has 2 atom stereocenters. The minimum atomic E-state index is -3.61. The fourth-order valence-corrected chi connectivity index (χ4v) is 4.90. The van der Waals surface area contributed by atoms with Crippen LogP contribution in [0.3, 0.4) is 0 Å². The second kappa shape index (κ2) is 6.72. The Morgan fingerprint density at radius 2 is 1.96 bits per heavy atom. The van der Waals surface area contributed by atoms with Gasteiger partial charge in [0, 0.05) is 30.1 Å². The van der Waals surface area contributed by atoms with Gasteiger partial charge >= 0.3 is 0 Å². The maximum absolute atomic E-state index is 12.9. The summed E-state index contributed by atoms with van der Waals surface area (Å²) in [6.07, 6.45) is 2.95. The molecule has 25 heavy (non-hydrogen) atoms. The molecule has 1 amide bonds. The maximum atomic E-state index is 12.9. The number of piperidine rings is 1. The fourth-order valence-electron chi connectivity index (χ4n) is 3.13. The van der Waals surface area contributed by atoms with Crippen molar-refractivity contribution in [2.24, 2.45) is 5.92 Å². The first-order valence-electron chi connectivity index (χ1n) is 8.36. The zero-order valence-corrected chi connectivity index (χ0v) is 14.8. The van der Waals surface area contributed by atoms with Gasteiger partial charge in [0.15, 0.2) is 0 Å². The highest BCUT2D eigenvalue weighted by atomic mass is 32.2. The summed E-state index contributed by atoms with van der Waals surface area (Å²) in [6, 6.07) is 3.87. The van der Waals surface area contributed by atoms with E-state index in [4.69, 9.17) is 0 Å². The Bertz CT molecular complexity index is 802. The fraction of sp³-hybridized carbons (Fsp3) is 0.562. The number of hydrogen-bond donors (Lipinski definition) is 1. The Morgan fingerprint density at radius 1 is 1.28 bits per heavy atom. The number of anilines is 1. The Kier molecular flexibility index (Phi) is 4.79. The number of benzene rings is 1. The molecule has 1 heterocycles. The van der Waals surface area contributed by atoms with Crippen LogP contribution in [0.4, 0.5) is 5.69 Å². The van der Waals surface area contributed by atoms with Crippen LogP contribution in [-0.4, -0.2) is 42.7 Å². The van der Waals surface area contributed by atoms with Gasteiger partial charge in [-0.3, -0.25) is 14.9 Å². The third-order valence-electron chi connectivity index (χ3n) is 4.75. The zero-order chi connectivity index (χ0) is 18.2. The predicted molar refractivity (Wildman–Crippen MR) is 91.3 cm³/mol. The Balaban J connectivity index is 1.79. The molecule has 3 rings (SSSR count). The smallest absolute Gasteiger partial charge is 0.243 e. The predicted octanol–water partition coefficient (Wildman–Crippen LogP) is 1.77. The van der Waals surface area contributed by atoms with Gasteiger partial charge in [-0.1, -0.05) is 12.5 Å². The summed E-state index contributed by atoms with van der Waals surface area (Å²) in [6.45, 7) is 2.72. The van der Waals surface area contributed by atoms with Gasteiger partial charge in [0.1, 0.15) is 5.92 Å². The molecule has 1 saturated heterocycles. The molecular formula is C16H21N3O5S. The number of carbonyl (C=O) groups excluding carboxylic acids is 1. The summed E-state index contributed by atoms with van der Waals surface area (Å²) in [5, 5.41) is 13.3. The van der Waals surface area contributed by atoms with Crippen molar-refractivity contribution < 1.29 is 18.1 Å². The lowest BCUT2D eigenvalue weighted by Gasteiger charge is -2.26. The number of nitro groups is 1. The van der Waals surface area contributed by atoms with Crippen LogP contribution in [0.5, 0.6) is 0 Å². The van der Waals surface area contributed by atoms with E-state index < -0.39 is 32.8 Å². The number of hydrogen-bond acceptors (Lipinski definition) is 5. The van der Waals surface area contributed by atoms with Gasteiger partial charge in [-0.25, -0.2) is 8.42 Å². The summed E-state index contributed by atoms with van der Waals surface area (Å²) in [5.74, 6) is -1.08. The Labute approximate surface area is 146 Å². The van der Waals surface area contributed by atoms with E-state index in [1.165, 1.54) is 10.4 Å². The van der Waals surface area contributed by atoms with E-state index in [2.05, 4.69) is 5.32 Å². The molecular weight excluding hydrogens is 346 g/mol. The topological polar surface area (TPSA) is 110 Å². The van der Waals surface area contributed by atoms with Gasteiger partial charge in [-0.15, -0.1) is 0 Å². The van der Waals surface area contributed by atoms with Gasteiger partial charge in [0.05, 0.1) is 4.90 Å². The summed E-state index contributed by atoms with van der Waals surface area (Å²) in [4.78, 5) is 22.5. The molecule has 1 aromatic carbocycles. The lowest BCUT2D eigenvalue weighted by molar-refractivity contribution is -0.497. The molecule has 1 aliphatic heterocycles. The molecule has 2 fully saturated rings. The number of sulfonamides is 1. The summed E-state index contributed by atoms with van der Waals surface area (Å²) >= 11 is 0. The normalized spacial score (nSPS) is 23.9. The molecule has 0 radical (unpaired) electrons. The highest BCUT2D eigenvalue weighted by Gasteiger charge is 2.53. The van der Waals surface area contributed by atoms with Gasteiger partial charge in [0.25, 0.3) is 0 Å². The number of aryl methyl sites for hydroxylation is 1. The molecule has 1 aromatic rings. The van der Waals surface area contributed by atoms with Crippen LogP contribution < -0.4 is 5.32 Å². The van der Waals surface area contributed by atoms with Crippen LogP contribution in [0.25, 0.3) is 0 Å². The molecule has 136 valence electrons. The summed E-state index contributed by atoms with van der Waals surface area (Å²) in [5.41, 5.74) is 0.957. The molecule has 2 aliphatic rings. The molecule has 9 heteroatoms. The van der Waals surface area contributed by atoms with E-state index in [1.54, 1.807) is 19.1 Å². The van der Waals surface area contributed by atoms with Crippen LogP contribution in [-0.2, 0) is 14.8 Å². The number of carbonyl (C=O) groups is 1. The minimum Gasteiger partial charge on any atom is -0.326 e. The third kappa shape index (κ3) is 3.67. The quantitative estimate of drug-likeness (QED) is 0.630. The number of amides is 1. The van der Waals surface area contributed by atoms with E-state index in [0.717, 1.165) is 19.3 Å². The van der Waals surface area contributed by atoms with Crippen molar-refractivity contribution in [1.29, 1.82) is 0 Å². The first kappa shape index (κ1) is 17.8. The van der Waals surface area contributed by atoms with Crippen LogP contribution >= 0.6 is 0 Å². The lowest BCUT2D eigenvalue weighted by Crippen LogP contribution is -2.36. The minimum absolute atomic E-state index is 0.175. The van der Waals surface area contributed by atoms with E-state index in [0.29, 0.717) is 24.3 Å². The van der Waals surface area contributed by atoms with Crippen molar-refractivity contribution in [3.8, 4) is 0 Å². The van der Waals surface area contributed by atoms with E-state index in [9.17, 15) is 23.3 Å². The van der Waals surface area contributed by atoms with Crippen LogP contribution in [0.1, 0.15) is 31.2 Å². The highest BCUT2D eigenvalue weighted by Crippen LogP contribution is 2.34. The Morgan fingerprint density at radius 3 is 2.56 bits per heavy atom. The molecule has 1 aliphatic carbocycles. The molecule has 8 nitrogen and oxygen atoms in total. The van der Waals surface area contributed by atoms with Gasteiger partial charge in [-0.05, 0) is 37.5 Å². The van der Waals surface area contributed by atoms with Crippen molar-refractivity contribution in [2.45, 2.75) is 43.5 Å². The van der Waals surface area contributed by atoms with Gasteiger partial charge in [0.2, 0.25) is 22.0 Å². The lowest BCUT2D eigenvalue weighted by atomic mass is 10.2. The molecule has 0 spiro atoms. The Hall–Kier alpha value is -2.00. The van der Waals surface area contributed by atoms with Crippen molar-refractivity contribution in [2.75, 3.05) is 18.4 Å². The van der Waals surface area contributed by atoms with Crippen molar-refractivity contribution in [1.82, 2.24) is 4.31 Å². The standard InChI is InChI=1S/C16H21N3O5S/c1-11-5-6-12(17-16(20)13-10-14(13)19(21)22)9-15(11)25(23,24)18-7-3-2-4-8-18/h5-6,9,13-14H,2-4,7-8,10H2,1H3,(H,17,20). The molecule has 0 aromatic heterocycles. The first-order valence-corrected chi connectivity index (χ1v) is 9.80. The van der Waals surface area contributed by atoms with Crippen LogP contribution in [0.15, 0.2) is 23.1 Å². The van der Waals surface area contributed by atoms with Crippen molar-refractivity contribution in [3.63, 3.8) is 0 Å². The summed E-state index contributed by atoms with van der Waals surface area (Å²) in [7, 11) is -3.61. The van der Waals surface area contributed by atoms with Gasteiger partial charge in [-0.2, -0.15) is 4.31 Å². The van der Waals surface area contributed by atoms with Crippen molar-refractivity contribution in [3.05, 3.63) is 33.9 Å². The average molecular weight is 367 g/mol. The monoisotopic (exact) mass is 367 g/mol. The number of rotatable bonds is 5. The third-order valence-corrected chi connectivity index (χ3v) is 6.79. The first-order chi connectivity index (χ1) is 11.8. The second-order valence-electron chi connectivity index (χ2n) is 6.63. The van der Waals surface area contributed by atoms with Crippen LogP contribution in [0, 0.1) is 23.0 Å².